The Hall–Kier alpha value is -2.46. The molecule has 2 N–H and O–H groups in total. The Labute approximate surface area is 157 Å². The summed E-state index contributed by atoms with van der Waals surface area (Å²) >= 11 is 0. The Morgan fingerprint density at radius 1 is 1.30 bits per heavy atom. The fraction of sp³-hybridized carbons (Fsp3) is 0.471. The third-order valence-corrected chi connectivity index (χ3v) is 5.90. The van der Waals surface area contributed by atoms with Gasteiger partial charge in [-0.05, 0) is 30.5 Å². The van der Waals surface area contributed by atoms with Crippen LogP contribution in [0.3, 0.4) is 0 Å². The van der Waals surface area contributed by atoms with Crippen LogP contribution in [0, 0.1) is 5.92 Å². The lowest BCUT2D eigenvalue weighted by molar-refractivity contribution is -0.139. The van der Waals surface area contributed by atoms with Gasteiger partial charge in [0, 0.05) is 12.7 Å². The molecule has 0 bridgehead atoms. The van der Waals surface area contributed by atoms with Crippen LogP contribution in [-0.2, 0) is 19.6 Å². The van der Waals surface area contributed by atoms with E-state index in [0.717, 1.165) is 6.07 Å². The molecule has 1 aromatic carbocycles. The van der Waals surface area contributed by atoms with Crippen LogP contribution in [0.25, 0.3) is 0 Å². The first-order chi connectivity index (χ1) is 12.6. The predicted molar refractivity (Wildman–Crippen MR) is 94.9 cm³/mol. The highest BCUT2D eigenvalue weighted by Crippen LogP contribution is 2.30. The molecule has 0 saturated carbocycles. The van der Waals surface area contributed by atoms with E-state index < -0.39 is 33.8 Å². The Balaban J connectivity index is 2.30. The van der Waals surface area contributed by atoms with Crippen molar-refractivity contribution in [2.24, 2.45) is 5.92 Å². The third kappa shape index (κ3) is 4.28. The van der Waals surface area contributed by atoms with Crippen LogP contribution in [0.15, 0.2) is 23.1 Å². The number of carboxylic acids is 1. The van der Waals surface area contributed by atoms with Crippen LogP contribution in [0.4, 0.5) is 0 Å². The molecule has 1 aliphatic heterocycles. The van der Waals surface area contributed by atoms with Crippen LogP contribution >= 0.6 is 0 Å². The highest BCUT2D eigenvalue weighted by Gasteiger charge is 2.41. The normalized spacial score (nSPS) is 16.3. The number of benzene rings is 1. The number of carboxylic acid groups (broad SMARTS) is 1. The second-order valence-electron chi connectivity index (χ2n) is 6.58. The highest BCUT2D eigenvalue weighted by atomic mass is 32.2. The summed E-state index contributed by atoms with van der Waals surface area (Å²) in [5, 5.41) is 11.6. The smallest absolute Gasteiger partial charge is 0.326 e. The highest BCUT2D eigenvalue weighted by molar-refractivity contribution is 7.90. The van der Waals surface area contributed by atoms with Crippen molar-refractivity contribution >= 4 is 27.8 Å². The summed E-state index contributed by atoms with van der Waals surface area (Å²) < 4.78 is 30.7. The number of fused-ring (bicyclic) bond motifs is 1. The van der Waals surface area contributed by atoms with Gasteiger partial charge < -0.3 is 15.2 Å². The Bertz CT molecular complexity index is 864. The molecule has 0 spiro atoms. The van der Waals surface area contributed by atoms with Crippen molar-refractivity contribution in [3.8, 4) is 0 Å². The molecule has 2 amide bonds. The third-order valence-electron chi connectivity index (χ3n) is 4.08. The van der Waals surface area contributed by atoms with Gasteiger partial charge in [0.15, 0.2) is 0 Å². The molecule has 1 aromatic rings. The molecular formula is C17H22N2O7S. The summed E-state index contributed by atoms with van der Waals surface area (Å²) in [6, 6.07) is 2.56. The van der Waals surface area contributed by atoms with Gasteiger partial charge in [-0.15, -0.1) is 0 Å². The molecular weight excluding hydrogens is 376 g/mol. The number of carbonyl (C=O) groups is 3. The first-order valence-corrected chi connectivity index (χ1v) is 9.77. The number of sulfonamides is 1. The Morgan fingerprint density at radius 3 is 2.52 bits per heavy atom. The van der Waals surface area contributed by atoms with Crippen molar-refractivity contribution in [2.75, 3.05) is 20.3 Å². The fourth-order valence-corrected chi connectivity index (χ4v) is 4.32. The largest absolute Gasteiger partial charge is 0.480 e. The molecule has 1 aliphatic rings. The van der Waals surface area contributed by atoms with E-state index in [1.807, 2.05) is 13.8 Å². The molecule has 27 heavy (non-hydrogen) atoms. The van der Waals surface area contributed by atoms with E-state index >= 15 is 0 Å². The molecule has 9 nitrogen and oxygen atoms in total. The van der Waals surface area contributed by atoms with Crippen molar-refractivity contribution < 1.29 is 32.6 Å². The first kappa shape index (κ1) is 20.8. The minimum atomic E-state index is -4.08. The van der Waals surface area contributed by atoms with Gasteiger partial charge in [0.1, 0.15) is 10.9 Å². The van der Waals surface area contributed by atoms with Gasteiger partial charge in [-0.1, -0.05) is 13.8 Å². The van der Waals surface area contributed by atoms with Crippen molar-refractivity contribution in [2.45, 2.75) is 31.2 Å². The van der Waals surface area contributed by atoms with Crippen molar-refractivity contribution in [3.05, 3.63) is 29.3 Å². The summed E-state index contributed by atoms with van der Waals surface area (Å²) in [6.45, 7) is 3.56. The molecule has 148 valence electrons. The van der Waals surface area contributed by atoms with Crippen LogP contribution in [0.5, 0.6) is 0 Å². The maximum Gasteiger partial charge on any atom is 0.326 e. The van der Waals surface area contributed by atoms with Gasteiger partial charge in [0.2, 0.25) is 0 Å². The zero-order valence-electron chi connectivity index (χ0n) is 15.3. The van der Waals surface area contributed by atoms with Gasteiger partial charge in [-0.25, -0.2) is 17.5 Å². The van der Waals surface area contributed by atoms with Crippen LogP contribution in [-0.4, -0.2) is 61.9 Å². The van der Waals surface area contributed by atoms with E-state index in [9.17, 15) is 27.9 Å². The number of methoxy groups -OCH3 is 1. The van der Waals surface area contributed by atoms with E-state index in [1.165, 1.54) is 19.2 Å². The summed E-state index contributed by atoms with van der Waals surface area (Å²) in [6.07, 6.45) is 0.230. The lowest BCUT2D eigenvalue weighted by atomic mass is 10.0. The average Bonchev–Trinajstić information content (AvgIpc) is 2.78. The van der Waals surface area contributed by atoms with Gasteiger partial charge in [0.05, 0.1) is 18.7 Å². The molecule has 0 unspecified atom stereocenters. The van der Waals surface area contributed by atoms with Gasteiger partial charge in [-0.3, -0.25) is 9.59 Å². The van der Waals surface area contributed by atoms with E-state index in [0.29, 0.717) is 4.31 Å². The number of nitrogens with one attached hydrogen (secondary N) is 1. The molecule has 1 heterocycles. The van der Waals surface area contributed by atoms with E-state index in [4.69, 9.17) is 4.74 Å². The van der Waals surface area contributed by atoms with Crippen molar-refractivity contribution in [3.63, 3.8) is 0 Å². The lowest BCUT2D eigenvalue weighted by Crippen LogP contribution is -2.41. The number of carbonyl (C=O) groups excluding carboxylic acids is 2. The molecule has 10 heteroatoms. The van der Waals surface area contributed by atoms with E-state index in [2.05, 4.69) is 5.32 Å². The monoisotopic (exact) mass is 398 g/mol. The topological polar surface area (TPSA) is 130 Å². The standard InChI is InChI=1S/C17H22N2O7S/c1-10(2)8-13(17(22)23)18-15(20)11-4-5-12-14(9-11)27(24,25)19(16(12)21)6-7-26-3/h4-5,9-10,13H,6-8H2,1-3H3,(H,18,20)(H,22,23)/t13-/m0/s1. The number of amides is 2. The zero-order chi connectivity index (χ0) is 20.4. The van der Waals surface area contributed by atoms with E-state index in [-0.39, 0.29) is 41.5 Å². The molecule has 0 fully saturated rings. The Morgan fingerprint density at radius 2 is 1.96 bits per heavy atom. The minimum Gasteiger partial charge on any atom is -0.480 e. The van der Waals surface area contributed by atoms with Crippen molar-refractivity contribution in [1.29, 1.82) is 0 Å². The molecule has 1 atom stereocenters. The second-order valence-corrected chi connectivity index (χ2v) is 8.41. The summed E-state index contributed by atoms with van der Waals surface area (Å²) in [7, 11) is -2.69. The molecule has 0 saturated heterocycles. The number of aliphatic carboxylic acids is 1. The summed E-state index contributed by atoms with van der Waals surface area (Å²) in [5.74, 6) is -2.54. The first-order valence-electron chi connectivity index (χ1n) is 8.33. The van der Waals surface area contributed by atoms with E-state index in [1.54, 1.807) is 0 Å². The zero-order valence-corrected chi connectivity index (χ0v) is 16.1. The SMILES string of the molecule is COCCN1C(=O)c2ccc(C(=O)N[C@@H](CC(C)C)C(=O)O)cc2S1(=O)=O. The van der Waals surface area contributed by atoms with Crippen molar-refractivity contribution in [1.82, 2.24) is 9.62 Å². The number of hydrogen-bond acceptors (Lipinski definition) is 6. The molecule has 0 radical (unpaired) electrons. The number of hydrogen-bond donors (Lipinski definition) is 2. The van der Waals surface area contributed by atoms with Crippen LogP contribution < -0.4 is 5.32 Å². The number of nitrogens with zero attached hydrogens (tertiary/aromatic N) is 1. The summed E-state index contributed by atoms with van der Waals surface area (Å²) in [5.41, 5.74) is -0.0617. The number of rotatable bonds is 8. The Kier molecular flexibility index (Phi) is 6.22. The van der Waals surface area contributed by atoms with Gasteiger partial charge in [0.25, 0.3) is 21.8 Å². The molecule has 2 rings (SSSR count). The fourth-order valence-electron chi connectivity index (χ4n) is 2.75. The lowest BCUT2D eigenvalue weighted by Gasteiger charge is -2.16. The predicted octanol–water partition coefficient (Wildman–Crippen LogP) is 0.707. The maximum absolute atomic E-state index is 12.6. The number of ether oxygens (including phenoxy) is 1. The maximum atomic E-state index is 12.6. The molecule has 0 aromatic heterocycles. The van der Waals surface area contributed by atoms with Gasteiger partial charge in [-0.2, -0.15) is 0 Å². The van der Waals surface area contributed by atoms with Crippen LogP contribution in [0.2, 0.25) is 0 Å². The second kappa shape index (κ2) is 8.05. The van der Waals surface area contributed by atoms with Crippen LogP contribution in [0.1, 0.15) is 41.0 Å². The summed E-state index contributed by atoms with van der Waals surface area (Å²) in [4.78, 5) is 35.7. The van der Waals surface area contributed by atoms with Gasteiger partial charge >= 0.3 is 5.97 Å². The average molecular weight is 398 g/mol. The molecule has 0 aliphatic carbocycles. The minimum absolute atomic E-state index is 0.0281. The quantitative estimate of drug-likeness (QED) is 0.659.